The van der Waals surface area contributed by atoms with E-state index in [0.29, 0.717) is 6.54 Å². The van der Waals surface area contributed by atoms with Crippen molar-refractivity contribution in [1.29, 1.82) is 0 Å². The Morgan fingerprint density at radius 1 is 1.26 bits per heavy atom. The van der Waals surface area contributed by atoms with Crippen molar-refractivity contribution in [2.24, 2.45) is 7.05 Å². The van der Waals surface area contributed by atoms with E-state index in [1.807, 2.05) is 30.8 Å². The van der Waals surface area contributed by atoms with E-state index in [9.17, 15) is 0 Å². The maximum atomic E-state index is 5.30. The second kappa shape index (κ2) is 5.96. The Labute approximate surface area is 129 Å². The number of methoxy groups -OCH3 is 1. The van der Waals surface area contributed by atoms with Gasteiger partial charge >= 0.3 is 0 Å². The van der Waals surface area contributed by atoms with Gasteiger partial charge in [-0.25, -0.2) is 0 Å². The summed E-state index contributed by atoms with van der Waals surface area (Å²) in [5, 5.41) is 7.70. The molecule has 4 nitrogen and oxygen atoms in total. The lowest BCUT2D eigenvalue weighted by atomic mass is 10.3. The molecule has 0 unspecified atom stereocenters. The van der Waals surface area contributed by atoms with Gasteiger partial charge in [0.15, 0.2) is 0 Å². The molecule has 0 atom stereocenters. The van der Waals surface area contributed by atoms with E-state index < -0.39 is 0 Å². The van der Waals surface area contributed by atoms with Crippen molar-refractivity contribution in [3.05, 3.63) is 38.5 Å². The number of rotatable bonds is 4. The van der Waals surface area contributed by atoms with Crippen LogP contribution in [0.5, 0.6) is 5.75 Å². The fraction of sp³-hybridized carbons (Fsp3) is 0.308. The zero-order valence-electron chi connectivity index (χ0n) is 11.0. The molecule has 6 heteroatoms. The Morgan fingerprint density at radius 3 is 2.58 bits per heavy atom. The predicted octanol–water partition coefficient (Wildman–Crippen LogP) is 3.87. The van der Waals surface area contributed by atoms with Gasteiger partial charge in [0.05, 0.1) is 35.2 Å². The van der Waals surface area contributed by atoms with Gasteiger partial charge < -0.3 is 10.1 Å². The van der Waals surface area contributed by atoms with Crippen molar-refractivity contribution < 1.29 is 4.74 Å². The highest BCUT2D eigenvalue weighted by atomic mass is 79.9. The topological polar surface area (TPSA) is 39.1 Å². The molecule has 0 bridgehead atoms. The Hall–Kier alpha value is -1.01. The first kappa shape index (κ1) is 14.4. The zero-order chi connectivity index (χ0) is 14.0. The Morgan fingerprint density at radius 2 is 2.00 bits per heavy atom. The van der Waals surface area contributed by atoms with Crippen LogP contribution in [0.25, 0.3) is 0 Å². The highest BCUT2D eigenvalue weighted by Crippen LogP contribution is 2.34. The van der Waals surface area contributed by atoms with Crippen LogP contribution in [-0.2, 0) is 13.6 Å². The van der Waals surface area contributed by atoms with E-state index in [1.54, 1.807) is 7.11 Å². The molecule has 1 heterocycles. The number of anilines is 1. The molecule has 0 aliphatic rings. The van der Waals surface area contributed by atoms with E-state index in [-0.39, 0.29) is 0 Å². The largest absolute Gasteiger partial charge is 0.495 e. The average Bonchev–Trinajstić information content (AvgIpc) is 2.67. The van der Waals surface area contributed by atoms with Gasteiger partial charge in [0.25, 0.3) is 0 Å². The van der Waals surface area contributed by atoms with Crippen molar-refractivity contribution in [2.45, 2.75) is 13.5 Å². The summed E-state index contributed by atoms with van der Waals surface area (Å²) in [6, 6.07) is 5.99. The number of ether oxygens (including phenoxy) is 1. The van der Waals surface area contributed by atoms with Crippen LogP contribution in [0.3, 0.4) is 0 Å². The Bertz CT molecular complexity index is 596. The molecule has 0 aliphatic carbocycles. The lowest BCUT2D eigenvalue weighted by molar-refractivity contribution is 0.412. The van der Waals surface area contributed by atoms with Gasteiger partial charge in [-0.3, -0.25) is 4.68 Å². The summed E-state index contributed by atoms with van der Waals surface area (Å²) in [4.78, 5) is 0. The van der Waals surface area contributed by atoms with Crippen LogP contribution in [0, 0.1) is 6.92 Å². The molecule has 0 radical (unpaired) electrons. The minimum absolute atomic E-state index is 0.709. The molecule has 0 aliphatic heterocycles. The van der Waals surface area contributed by atoms with Crippen LogP contribution in [0.2, 0.25) is 0 Å². The van der Waals surface area contributed by atoms with Crippen molar-refractivity contribution in [2.75, 3.05) is 12.4 Å². The third-order valence-electron chi connectivity index (χ3n) is 2.80. The molecule has 0 saturated carbocycles. The van der Waals surface area contributed by atoms with Crippen LogP contribution < -0.4 is 10.1 Å². The second-order valence-corrected chi connectivity index (χ2v) is 5.93. The van der Waals surface area contributed by atoms with Crippen molar-refractivity contribution in [3.8, 4) is 5.75 Å². The Balaban J connectivity index is 2.17. The van der Waals surface area contributed by atoms with Gasteiger partial charge in [0.1, 0.15) is 5.75 Å². The van der Waals surface area contributed by atoms with Crippen LogP contribution in [-0.4, -0.2) is 16.9 Å². The standard InChI is InChI=1S/C13H15Br2N3O/c1-8-4-9(18(2)17-8)7-16-12-6-13(19-3)11(15)5-10(12)14/h4-6,16H,7H2,1-3H3. The minimum Gasteiger partial charge on any atom is -0.495 e. The van der Waals surface area contributed by atoms with Gasteiger partial charge in [-0.1, -0.05) is 0 Å². The molecule has 1 aromatic heterocycles. The smallest absolute Gasteiger partial charge is 0.135 e. The Kier molecular flexibility index (Phi) is 4.52. The van der Waals surface area contributed by atoms with Crippen LogP contribution >= 0.6 is 31.9 Å². The molecule has 2 rings (SSSR count). The first-order valence-corrected chi connectivity index (χ1v) is 7.36. The molecular weight excluding hydrogens is 374 g/mol. The molecule has 19 heavy (non-hydrogen) atoms. The van der Waals surface area contributed by atoms with Gasteiger partial charge in [0.2, 0.25) is 0 Å². The maximum Gasteiger partial charge on any atom is 0.135 e. The molecule has 0 amide bonds. The van der Waals surface area contributed by atoms with Gasteiger partial charge in [-0.05, 0) is 50.9 Å². The maximum absolute atomic E-state index is 5.30. The average molecular weight is 389 g/mol. The van der Waals surface area contributed by atoms with E-state index in [4.69, 9.17) is 4.74 Å². The SMILES string of the molecule is COc1cc(NCc2cc(C)nn2C)c(Br)cc1Br. The summed E-state index contributed by atoms with van der Waals surface area (Å²) < 4.78 is 9.08. The number of hydrogen-bond donors (Lipinski definition) is 1. The van der Waals surface area contributed by atoms with Gasteiger partial charge in [-0.2, -0.15) is 5.10 Å². The lowest BCUT2D eigenvalue weighted by Gasteiger charge is -2.12. The molecule has 0 spiro atoms. The number of nitrogens with zero attached hydrogens (tertiary/aromatic N) is 2. The highest BCUT2D eigenvalue weighted by molar-refractivity contribution is 9.11. The monoisotopic (exact) mass is 387 g/mol. The number of halogens is 2. The second-order valence-electron chi connectivity index (χ2n) is 4.22. The molecular formula is C13H15Br2N3O. The number of nitrogens with one attached hydrogen (secondary N) is 1. The summed E-state index contributed by atoms with van der Waals surface area (Å²) >= 11 is 6.99. The molecule has 1 aromatic carbocycles. The normalized spacial score (nSPS) is 10.6. The van der Waals surface area contributed by atoms with Crippen molar-refractivity contribution >= 4 is 37.5 Å². The van der Waals surface area contributed by atoms with Crippen molar-refractivity contribution in [3.63, 3.8) is 0 Å². The van der Waals surface area contributed by atoms with E-state index >= 15 is 0 Å². The third-order valence-corrected chi connectivity index (χ3v) is 4.08. The third kappa shape index (κ3) is 3.30. The summed E-state index contributed by atoms with van der Waals surface area (Å²) in [7, 11) is 3.60. The minimum atomic E-state index is 0.709. The van der Waals surface area contributed by atoms with Crippen LogP contribution in [0.1, 0.15) is 11.4 Å². The first-order chi connectivity index (χ1) is 9.01. The number of hydrogen-bond acceptors (Lipinski definition) is 3. The van der Waals surface area contributed by atoms with E-state index in [1.165, 1.54) is 0 Å². The summed E-state index contributed by atoms with van der Waals surface area (Å²) in [6.45, 7) is 2.70. The summed E-state index contributed by atoms with van der Waals surface area (Å²) in [5.41, 5.74) is 3.14. The van der Waals surface area contributed by atoms with E-state index in [2.05, 4.69) is 48.3 Å². The highest BCUT2D eigenvalue weighted by Gasteiger charge is 2.08. The fourth-order valence-electron chi connectivity index (χ4n) is 1.84. The number of benzene rings is 1. The predicted molar refractivity (Wildman–Crippen MR) is 83.7 cm³/mol. The molecule has 2 aromatic rings. The molecule has 102 valence electrons. The first-order valence-electron chi connectivity index (χ1n) is 5.77. The van der Waals surface area contributed by atoms with Gasteiger partial charge in [0, 0.05) is 17.6 Å². The van der Waals surface area contributed by atoms with Crippen molar-refractivity contribution in [1.82, 2.24) is 9.78 Å². The molecule has 0 fully saturated rings. The number of aryl methyl sites for hydroxylation is 2. The lowest BCUT2D eigenvalue weighted by Crippen LogP contribution is -2.06. The van der Waals surface area contributed by atoms with E-state index in [0.717, 1.165) is 31.8 Å². The summed E-state index contributed by atoms with van der Waals surface area (Å²) in [6.07, 6.45) is 0. The molecule has 1 N–H and O–H groups in total. The fourth-order valence-corrected chi connectivity index (χ4v) is 3.13. The van der Waals surface area contributed by atoms with Crippen LogP contribution in [0.4, 0.5) is 5.69 Å². The summed E-state index contributed by atoms with van der Waals surface area (Å²) in [5.74, 6) is 0.798. The molecule has 0 saturated heterocycles. The number of aromatic nitrogens is 2. The van der Waals surface area contributed by atoms with Gasteiger partial charge in [-0.15, -0.1) is 0 Å². The zero-order valence-corrected chi connectivity index (χ0v) is 14.2. The van der Waals surface area contributed by atoms with Crippen LogP contribution in [0.15, 0.2) is 27.1 Å². The quantitative estimate of drug-likeness (QED) is 0.863.